The van der Waals surface area contributed by atoms with Gasteiger partial charge in [-0.2, -0.15) is 0 Å². The second-order valence-electron chi connectivity index (χ2n) is 6.24. The molecule has 0 aliphatic heterocycles. The van der Waals surface area contributed by atoms with Crippen molar-refractivity contribution in [3.63, 3.8) is 0 Å². The van der Waals surface area contributed by atoms with Gasteiger partial charge in [0.25, 0.3) is 5.91 Å². The normalized spacial score (nSPS) is 10.6. The van der Waals surface area contributed by atoms with Crippen LogP contribution in [0.3, 0.4) is 0 Å². The van der Waals surface area contributed by atoms with Gasteiger partial charge < -0.3 is 24.4 Å². The largest absolute Gasteiger partial charge is 0.496 e. The van der Waals surface area contributed by atoms with Crippen LogP contribution in [0.25, 0.3) is 0 Å². The second-order valence-corrected chi connectivity index (χ2v) is 6.24. The van der Waals surface area contributed by atoms with Crippen molar-refractivity contribution in [1.82, 2.24) is 4.90 Å². The first kappa shape index (κ1) is 21.6. The molecule has 0 fully saturated rings. The van der Waals surface area contributed by atoms with E-state index < -0.39 is 0 Å². The molecule has 152 valence electrons. The fourth-order valence-corrected chi connectivity index (χ4v) is 2.92. The average Bonchev–Trinajstić information content (AvgIpc) is 2.74. The summed E-state index contributed by atoms with van der Waals surface area (Å²) >= 11 is 0. The van der Waals surface area contributed by atoms with E-state index >= 15 is 0 Å². The molecule has 0 saturated carbocycles. The fraction of sp³-hybridized carbons (Fsp3) is 0.409. The van der Waals surface area contributed by atoms with Crippen molar-refractivity contribution in [3.05, 3.63) is 48.0 Å². The van der Waals surface area contributed by atoms with Gasteiger partial charge in [-0.05, 0) is 55.9 Å². The van der Waals surface area contributed by atoms with Crippen LogP contribution in [0.1, 0.15) is 30.6 Å². The van der Waals surface area contributed by atoms with Crippen LogP contribution < -0.4 is 19.5 Å². The van der Waals surface area contributed by atoms with Gasteiger partial charge in [0.05, 0.1) is 20.8 Å². The van der Waals surface area contributed by atoms with Gasteiger partial charge in [-0.1, -0.05) is 19.9 Å². The van der Waals surface area contributed by atoms with Gasteiger partial charge in [0.15, 0.2) is 0 Å². The maximum absolute atomic E-state index is 12.7. The number of hydrogen-bond donors (Lipinski definition) is 1. The third-order valence-electron chi connectivity index (χ3n) is 4.55. The molecule has 0 radical (unpaired) electrons. The molecular weight excluding hydrogens is 356 g/mol. The minimum absolute atomic E-state index is 0.290. The molecule has 2 aromatic rings. The van der Waals surface area contributed by atoms with E-state index in [1.165, 1.54) is 14.2 Å². The van der Waals surface area contributed by atoms with Gasteiger partial charge in [0, 0.05) is 12.2 Å². The Labute approximate surface area is 167 Å². The summed E-state index contributed by atoms with van der Waals surface area (Å²) in [5.41, 5.74) is 1.04. The number of rotatable bonds is 11. The van der Waals surface area contributed by atoms with Gasteiger partial charge in [-0.25, -0.2) is 0 Å². The van der Waals surface area contributed by atoms with Crippen molar-refractivity contribution in [1.29, 1.82) is 0 Å². The van der Waals surface area contributed by atoms with Crippen LogP contribution in [0.5, 0.6) is 17.2 Å². The van der Waals surface area contributed by atoms with E-state index in [0.29, 0.717) is 29.4 Å². The molecule has 28 heavy (non-hydrogen) atoms. The highest BCUT2D eigenvalue weighted by Gasteiger charge is 2.18. The number of benzene rings is 2. The SMILES string of the molecule is CCN(CC)CCCOc1ccc(NC(=O)c2c(OC)cccc2OC)cc1. The van der Waals surface area contributed by atoms with E-state index in [-0.39, 0.29) is 5.91 Å². The Hall–Kier alpha value is -2.73. The zero-order chi connectivity index (χ0) is 20.4. The van der Waals surface area contributed by atoms with Crippen molar-refractivity contribution >= 4 is 11.6 Å². The van der Waals surface area contributed by atoms with Crippen molar-refractivity contribution < 1.29 is 19.0 Å². The molecule has 0 spiro atoms. The molecule has 0 bridgehead atoms. The molecule has 0 heterocycles. The maximum atomic E-state index is 12.7. The monoisotopic (exact) mass is 386 g/mol. The van der Waals surface area contributed by atoms with Crippen molar-refractivity contribution in [2.45, 2.75) is 20.3 Å². The highest BCUT2D eigenvalue weighted by atomic mass is 16.5. The predicted octanol–water partition coefficient (Wildman–Crippen LogP) is 4.07. The Balaban J connectivity index is 1.93. The quantitative estimate of drug-likeness (QED) is 0.590. The van der Waals surface area contributed by atoms with Gasteiger partial charge >= 0.3 is 0 Å². The van der Waals surface area contributed by atoms with Gasteiger partial charge in [-0.15, -0.1) is 0 Å². The zero-order valence-electron chi connectivity index (χ0n) is 17.2. The second kappa shape index (κ2) is 11.2. The van der Waals surface area contributed by atoms with Crippen LogP contribution >= 0.6 is 0 Å². The first-order valence-electron chi connectivity index (χ1n) is 9.60. The number of methoxy groups -OCH3 is 2. The summed E-state index contributed by atoms with van der Waals surface area (Å²) in [5.74, 6) is 1.42. The minimum Gasteiger partial charge on any atom is -0.496 e. The molecule has 0 aromatic heterocycles. The molecule has 0 atom stereocenters. The van der Waals surface area contributed by atoms with Crippen LogP contribution in [0.15, 0.2) is 42.5 Å². The molecule has 0 aliphatic carbocycles. The third kappa shape index (κ3) is 5.89. The molecule has 0 unspecified atom stereocenters. The number of amides is 1. The molecule has 6 nitrogen and oxygen atoms in total. The lowest BCUT2D eigenvalue weighted by Crippen LogP contribution is -2.25. The summed E-state index contributed by atoms with van der Waals surface area (Å²) in [5, 5.41) is 2.87. The standard InChI is InChI=1S/C22H30N2O4/c1-5-24(6-2)15-8-16-28-18-13-11-17(12-14-18)23-22(25)21-19(26-3)9-7-10-20(21)27-4/h7,9-14H,5-6,8,15-16H2,1-4H3,(H,23,25). The summed E-state index contributed by atoms with van der Waals surface area (Å²) in [6, 6.07) is 12.6. The number of carbonyl (C=O) groups excluding carboxylic acids is 1. The lowest BCUT2D eigenvalue weighted by atomic mass is 10.1. The Morgan fingerprint density at radius 2 is 1.57 bits per heavy atom. The summed E-state index contributed by atoms with van der Waals surface area (Å²) in [6.07, 6.45) is 0.980. The van der Waals surface area contributed by atoms with Crippen molar-refractivity contribution in [2.24, 2.45) is 0 Å². The Kier molecular flexibility index (Phi) is 8.62. The average molecular weight is 386 g/mol. The van der Waals surface area contributed by atoms with Gasteiger partial charge in [-0.3, -0.25) is 4.79 Å². The van der Waals surface area contributed by atoms with Crippen molar-refractivity contribution in [3.8, 4) is 17.2 Å². The molecule has 0 saturated heterocycles. The fourth-order valence-electron chi connectivity index (χ4n) is 2.92. The van der Waals surface area contributed by atoms with Crippen LogP contribution in [0.2, 0.25) is 0 Å². The topological polar surface area (TPSA) is 60.0 Å². The number of carbonyl (C=O) groups is 1. The number of nitrogens with zero attached hydrogens (tertiary/aromatic N) is 1. The number of anilines is 1. The molecule has 1 amide bonds. The Morgan fingerprint density at radius 1 is 0.964 bits per heavy atom. The number of hydrogen-bond acceptors (Lipinski definition) is 5. The first-order chi connectivity index (χ1) is 13.6. The third-order valence-corrected chi connectivity index (χ3v) is 4.55. The van der Waals surface area contributed by atoms with Gasteiger partial charge in [0.2, 0.25) is 0 Å². The minimum atomic E-state index is -0.290. The van der Waals surface area contributed by atoms with E-state index in [4.69, 9.17) is 14.2 Å². The van der Waals surface area contributed by atoms with Crippen LogP contribution in [-0.4, -0.2) is 51.3 Å². The van der Waals surface area contributed by atoms with E-state index in [1.54, 1.807) is 18.2 Å². The van der Waals surface area contributed by atoms with Crippen LogP contribution in [0, 0.1) is 0 Å². The molecule has 0 aliphatic rings. The van der Waals surface area contributed by atoms with E-state index in [2.05, 4.69) is 24.1 Å². The van der Waals surface area contributed by atoms with Crippen LogP contribution in [0.4, 0.5) is 5.69 Å². The molecule has 1 N–H and O–H groups in total. The number of ether oxygens (including phenoxy) is 3. The van der Waals surface area contributed by atoms with Gasteiger partial charge in [0.1, 0.15) is 22.8 Å². The zero-order valence-corrected chi connectivity index (χ0v) is 17.2. The summed E-state index contributed by atoms with van der Waals surface area (Å²) in [6.45, 7) is 8.14. The van der Waals surface area contributed by atoms with E-state index in [1.807, 2.05) is 24.3 Å². The highest BCUT2D eigenvalue weighted by molar-refractivity contribution is 6.08. The highest BCUT2D eigenvalue weighted by Crippen LogP contribution is 2.29. The smallest absolute Gasteiger partial charge is 0.263 e. The van der Waals surface area contributed by atoms with E-state index in [9.17, 15) is 4.79 Å². The maximum Gasteiger partial charge on any atom is 0.263 e. The number of nitrogens with one attached hydrogen (secondary N) is 1. The Morgan fingerprint density at radius 3 is 2.11 bits per heavy atom. The predicted molar refractivity (Wildman–Crippen MR) is 112 cm³/mol. The molecular formula is C22H30N2O4. The molecule has 6 heteroatoms. The lowest BCUT2D eigenvalue weighted by molar-refractivity contribution is 0.102. The Bertz CT molecular complexity index is 720. The van der Waals surface area contributed by atoms with Crippen LogP contribution in [-0.2, 0) is 0 Å². The van der Waals surface area contributed by atoms with Crippen molar-refractivity contribution in [2.75, 3.05) is 45.8 Å². The molecule has 2 aromatic carbocycles. The summed E-state index contributed by atoms with van der Waals surface area (Å²) in [4.78, 5) is 15.1. The first-order valence-corrected chi connectivity index (χ1v) is 9.60. The summed E-state index contributed by atoms with van der Waals surface area (Å²) in [7, 11) is 3.05. The lowest BCUT2D eigenvalue weighted by Gasteiger charge is -2.17. The van der Waals surface area contributed by atoms with E-state index in [0.717, 1.165) is 31.8 Å². The summed E-state index contributed by atoms with van der Waals surface area (Å²) < 4.78 is 16.4. The molecule has 2 rings (SSSR count).